The van der Waals surface area contributed by atoms with Crippen LogP contribution >= 0.6 is 11.6 Å². The maximum absolute atomic E-state index is 12.7. The van der Waals surface area contributed by atoms with Gasteiger partial charge < -0.3 is 5.32 Å². The van der Waals surface area contributed by atoms with Gasteiger partial charge in [0, 0.05) is 30.1 Å². The summed E-state index contributed by atoms with van der Waals surface area (Å²) in [7, 11) is 2.12. The lowest BCUT2D eigenvalue weighted by atomic mass is 9.83. The molecular formula is C22H25ClN2O. The van der Waals surface area contributed by atoms with Crippen molar-refractivity contribution < 1.29 is 4.79 Å². The molecule has 2 aromatic rings. The van der Waals surface area contributed by atoms with E-state index in [1.54, 1.807) is 0 Å². The molecule has 0 fully saturated rings. The van der Waals surface area contributed by atoms with Crippen LogP contribution < -0.4 is 5.32 Å². The molecular weight excluding hydrogens is 344 g/mol. The summed E-state index contributed by atoms with van der Waals surface area (Å²) in [6.45, 7) is 1.56. The number of carbonyl (C=O) groups is 1. The number of hydrogen-bond donors (Lipinski definition) is 1. The summed E-state index contributed by atoms with van der Waals surface area (Å²) >= 11 is 6.38. The smallest absolute Gasteiger partial charge is 0.223 e. The summed E-state index contributed by atoms with van der Waals surface area (Å²) < 4.78 is 0. The van der Waals surface area contributed by atoms with E-state index in [-0.39, 0.29) is 11.8 Å². The number of halogens is 1. The zero-order chi connectivity index (χ0) is 18.1. The van der Waals surface area contributed by atoms with Crippen LogP contribution in [0.25, 0.3) is 0 Å². The first-order valence-electron chi connectivity index (χ1n) is 9.43. The van der Waals surface area contributed by atoms with Gasteiger partial charge in [-0.25, -0.2) is 0 Å². The quantitative estimate of drug-likeness (QED) is 0.897. The van der Waals surface area contributed by atoms with Crippen LogP contribution in [0.2, 0.25) is 5.02 Å². The largest absolute Gasteiger partial charge is 0.354 e. The normalized spacial score (nSPS) is 22.4. The summed E-state index contributed by atoms with van der Waals surface area (Å²) in [4.78, 5) is 15.0. The Morgan fingerprint density at radius 3 is 2.73 bits per heavy atom. The van der Waals surface area contributed by atoms with E-state index in [9.17, 15) is 4.79 Å². The Morgan fingerprint density at radius 2 is 1.88 bits per heavy atom. The Hall–Kier alpha value is -1.84. The highest BCUT2D eigenvalue weighted by Gasteiger charge is 2.28. The van der Waals surface area contributed by atoms with Gasteiger partial charge in [-0.1, -0.05) is 48.0 Å². The van der Waals surface area contributed by atoms with Crippen molar-refractivity contribution in [2.24, 2.45) is 5.92 Å². The van der Waals surface area contributed by atoms with Gasteiger partial charge in [-0.15, -0.1) is 0 Å². The Balaban J connectivity index is 1.37. The second-order valence-electron chi connectivity index (χ2n) is 7.60. The van der Waals surface area contributed by atoms with Crippen LogP contribution in [0.3, 0.4) is 0 Å². The number of amides is 1. The van der Waals surface area contributed by atoms with Gasteiger partial charge in [0.25, 0.3) is 0 Å². The average Bonchev–Trinajstić information content (AvgIpc) is 2.66. The number of nitrogens with one attached hydrogen (secondary N) is 1. The second kappa shape index (κ2) is 7.42. The van der Waals surface area contributed by atoms with Gasteiger partial charge in [-0.3, -0.25) is 9.69 Å². The van der Waals surface area contributed by atoms with Gasteiger partial charge in [-0.2, -0.15) is 0 Å². The molecule has 1 N–H and O–H groups in total. The molecule has 4 heteroatoms. The van der Waals surface area contributed by atoms with E-state index in [2.05, 4.69) is 47.6 Å². The van der Waals surface area contributed by atoms with Crippen LogP contribution in [0.15, 0.2) is 42.5 Å². The SMILES string of the molecule is CN1Cc2cccc(Cl)c2C[C@H]1CNC(=O)[C@@H]1CCc2ccccc2C1. The highest BCUT2D eigenvalue weighted by Crippen LogP contribution is 2.29. The van der Waals surface area contributed by atoms with Crippen molar-refractivity contribution in [2.45, 2.75) is 38.3 Å². The first-order chi connectivity index (χ1) is 12.6. The van der Waals surface area contributed by atoms with Gasteiger partial charge in [-0.05, 0) is 61.1 Å². The lowest BCUT2D eigenvalue weighted by molar-refractivity contribution is -0.125. The number of benzene rings is 2. The molecule has 1 amide bonds. The average molecular weight is 369 g/mol. The third kappa shape index (κ3) is 3.51. The number of rotatable bonds is 3. The zero-order valence-corrected chi connectivity index (χ0v) is 15.9. The Kier molecular flexibility index (Phi) is 5.01. The highest BCUT2D eigenvalue weighted by atomic mass is 35.5. The summed E-state index contributed by atoms with van der Waals surface area (Å²) in [5.41, 5.74) is 5.26. The Bertz CT molecular complexity index is 820. The topological polar surface area (TPSA) is 32.3 Å². The molecule has 0 unspecified atom stereocenters. The third-order valence-corrected chi connectivity index (χ3v) is 6.28. The van der Waals surface area contributed by atoms with Crippen molar-refractivity contribution in [1.29, 1.82) is 0 Å². The van der Waals surface area contributed by atoms with E-state index in [0.29, 0.717) is 12.6 Å². The number of fused-ring (bicyclic) bond motifs is 2. The van der Waals surface area contributed by atoms with Crippen molar-refractivity contribution in [1.82, 2.24) is 10.2 Å². The molecule has 0 saturated carbocycles. The third-order valence-electron chi connectivity index (χ3n) is 5.93. The van der Waals surface area contributed by atoms with Crippen LogP contribution in [0.1, 0.15) is 28.7 Å². The standard InChI is InChI=1S/C22H25ClN2O/c1-25-14-18-7-4-8-21(23)20(18)12-19(25)13-24-22(26)17-10-9-15-5-2-3-6-16(15)11-17/h2-8,17,19H,9-14H2,1H3,(H,24,26)/t17-,19+/m1/s1. The van der Waals surface area contributed by atoms with Crippen LogP contribution in [0.5, 0.6) is 0 Å². The van der Waals surface area contributed by atoms with Crippen LogP contribution in [0, 0.1) is 5.92 Å². The monoisotopic (exact) mass is 368 g/mol. The number of likely N-dealkylation sites (N-methyl/N-ethyl adjacent to an activating group) is 1. The molecule has 136 valence electrons. The van der Waals surface area contributed by atoms with E-state index in [1.807, 2.05) is 12.1 Å². The number of aryl methyl sites for hydroxylation is 1. The molecule has 0 aromatic heterocycles. The van der Waals surface area contributed by atoms with Crippen molar-refractivity contribution in [3.05, 3.63) is 69.7 Å². The van der Waals surface area contributed by atoms with E-state index in [4.69, 9.17) is 11.6 Å². The number of carbonyl (C=O) groups excluding carboxylic acids is 1. The first kappa shape index (κ1) is 17.6. The minimum absolute atomic E-state index is 0.0923. The van der Waals surface area contributed by atoms with Crippen molar-refractivity contribution in [3.8, 4) is 0 Å². The van der Waals surface area contributed by atoms with E-state index in [0.717, 1.165) is 37.3 Å². The minimum Gasteiger partial charge on any atom is -0.354 e. The molecule has 0 saturated heterocycles. The summed E-state index contributed by atoms with van der Waals surface area (Å²) in [5.74, 6) is 0.285. The molecule has 4 rings (SSSR count). The predicted octanol–water partition coefficient (Wildman–Crippen LogP) is 3.62. The van der Waals surface area contributed by atoms with E-state index >= 15 is 0 Å². The summed E-state index contributed by atoms with van der Waals surface area (Å²) in [6.07, 6.45) is 3.69. The molecule has 1 heterocycles. The molecule has 1 aliphatic heterocycles. The van der Waals surface area contributed by atoms with Crippen molar-refractivity contribution >= 4 is 17.5 Å². The van der Waals surface area contributed by atoms with Gasteiger partial charge in [0.1, 0.15) is 0 Å². The molecule has 0 radical (unpaired) electrons. The predicted molar refractivity (Wildman–Crippen MR) is 105 cm³/mol. The molecule has 1 aliphatic carbocycles. The Labute approximate surface area is 160 Å². The summed E-state index contributed by atoms with van der Waals surface area (Å²) in [6, 6.07) is 14.9. The highest BCUT2D eigenvalue weighted by molar-refractivity contribution is 6.31. The minimum atomic E-state index is 0.0923. The van der Waals surface area contributed by atoms with Gasteiger partial charge >= 0.3 is 0 Å². The number of nitrogens with zero attached hydrogens (tertiary/aromatic N) is 1. The number of hydrogen-bond acceptors (Lipinski definition) is 2. The van der Waals surface area contributed by atoms with E-state index in [1.165, 1.54) is 22.3 Å². The summed E-state index contributed by atoms with van der Waals surface area (Å²) in [5, 5.41) is 4.05. The molecule has 0 bridgehead atoms. The van der Waals surface area contributed by atoms with Crippen molar-refractivity contribution in [2.75, 3.05) is 13.6 Å². The van der Waals surface area contributed by atoms with Crippen molar-refractivity contribution in [3.63, 3.8) is 0 Å². The van der Waals surface area contributed by atoms with Gasteiger partial charge in [0.2, 0.25) is 5.91 Å². The maximum Gasteiger partial charge on any atom is 0.223 e. The fraction of sp³-hybridized carbons (Fsp3) is 0.409. The second-order valence-corrected chi connectivity index (χ2v) is 8.01. The molecule has 2 aliphatic rings. The Morgan fingerprint density at radius 1 is 1.12 bits per heavy atom. The molecule has 0 spiro atoms. The lowest BCUT2D eigenvalue weighted by Gasteiger charge is -2.35. The van der Waals surface area contributed by atoms with Gasteiger partial charge in [0.05, 0.1) is 0 Å². The zero-order valence-electron chi connectivity index (χ0n) is 15.2. The van der Waals surface area contributed by atoms with E-state index < -0.39 is 0 Å². The molecule has 2 aromatic carbocycles. The van der Waals surface area contributed by atoms with Crippen LogP contribution in [-0.4, -0.2) is 30.4 Å². The molecule has 2 atom stereocenters. The van der Waals surface area contributed by atoms with Crippen LogP contribution in [-0.2, 0) is 30.6 Å². The molecule has 3 nitrogen and oxygen atoms in total. The fourth-order valence-electron chi connectivity index (χ4n) is 4.28. The van der Waals surface area contributed by atoms with Gasteiger partial charge in [0.15, 0.2) is 0 Å². The molecule has 26 heavy (non-hydrogen) atoms. The lowest BCUT2D eigenvalue weighted by Crippen LogP contribution is -2.47. The first-order valence-corrected chi connectivity index (χ1v) is 9.80. The van der Waals surface area contributed by atoms with Crippen LogP contribution in [0.4, 0.5) is 0 Å². The maximum atomic E-state index is 12.7. The fourth-order valence-corrected chi connectivity index (χ4v) is 4.55.